The Hall–Kier alpha value is -2.86. The molecule has 3 aromatic rings. The lowest BCUT2D eigenvalue weighted by Gasteiger charge is -2.13. The van der Waals surface area contributed by atoms with Gasteiger partial charge in [0.15, 0.2) is 0 Å². The van der Waals surface area contributed by atoms with Gasteiger partial charge in [-0.25, -0.2) is 8.42 Å². The predicted molar refractivity (Wildman–Crippen MR) is 108 cm³/mol. The normalized spacial score (nSPS) is 11.9. The second kappa shape index (κ2) is 8.11. The largest absolute Gasteiger partial charge is 0.416 e. The van der Waals surface area contributed by atoms with Crippen LogP contribution in [0.5, 0.6) is 0 Å². The van der Waals surface area contributed by atoms with Gasteiger partial charge in [0.25, 0.3) is 15.9 Å². The van der Waals surface area contributed by atoms with Crippen LogP contribution in [-0.2, 0) is 23.2 Å². The van der Waals surface area contributed by atoms with Crippen molar-refractivity contribution >= 4 is 43.2 Å². The third-order valence-corrected chi connectivity index (χ3v) is 6.33. The molecule has 0 aliphatic carbocycles. The monoisotopic (exact) mass is 502 g/mol. The molecule has 0 atom stereocenters. The maximum absolute atomic E-state index is 12.8. The van der Waals surface area contributed by atoms with Crippen molar-refractivity contribution in [3.8, 4) is 0 Å². The molecule has 0 aliphatic heterocycles. The van der Waals surface area contributed by atoms with Crippen molar-refractivity contribution < 1.29 is 26.4 Å². The van der Waals surface area contributed by atoms with E-state index in [1.165, 1.54) is 41.2 Å². The van der Waals surface area contributed by atoms with Crippen LogP contribution in [0.4, 0.5) is 24.5 Å². The quantitative estimate of drug-likeness (QED) is 0.545. The Bertz CT molecular complexity index is 1210. The zero-order valence-electron chi connectivity index (χ0n) is 15.2. The standard InChI is InChI=1S/C18H14BrF3N4O3S/c1-26-15(7-8-23-26)17(27)24-12-5-6-16(14(19)10-12)30(28,29)25-13-4-2-3-11(9-13)18(20,21)22/h2-10,25H,1H3,(H,24,27). The fourth-order valence-corrected chi connectivity index (χ4v) is 4.69. The highest BCUT2D eigenvalue weighted by molar-refractivity contribution is 9.10. The van der Waals surface area contributed by atoms with Gasteiger partial charge in [-0.15, -0.1) is 0 Å². The minimum absolute atomic E-state index is 0.116. The van der Waals surface area contributed by atoms with Gasteiger partial charge in [0.05, 0.1) is 5.56 Å². The Labute approximate surface area is 178 Å². The summed E-state index contributed by atoms with van der Waals surface area (Å²) >= 11 is 3.13. The number of nitrogens with one attached hydrogen (secondary N) is 2. The summed E-state index contributed by atoms with van der Waals surface area (Å²) in [6.07, 6.45) is -3.14. The molecule has 0 aliphatic rings. The van der Waals surface area contributed by atoms with E-state index in [4.69, 9.17) is 0 Å². The van der Waals surface area contributed by atoms with Crippen LogP contribution in [0.25, 0.3) is 0 Å². The number of benzene rings is 2. The molecule has 2 N–H and O–H groups in total. The lowest BCUT2D eigenvalue weighted by molar-refractivity contribution is -0.137. The number of carbonyl (C=O) groups excluding carboxylic acids is 1. The molecule has 1 heterocycles. The van der Waals surface area contributed by atoms with Gasteiger partial charge in [-0.2, -0.15) is 18.3 Å². The Morgan fingerprint density at radius 2 is 1.83 bits per heavy atom. The van der Waals surface area contributed by atoms with Crippen LogP contribution in [0.15, 0.2) is 64.1 Å². The maximum atomic E-state index is 12.8. The van der Waals surface area contributed by atoms with Crippen LogP contribution in [0.3, 0.4) is 0 Å². The molecule has 0 fully saturated rings. The van der Waals surface area contributed by atoms with Crippen molar-refractivity contribution in [2.75, 3.05) is 10.0 Å². The lowest BCUT2D eigenvalue weighted by Crippen LogP contribution is -2.17. The summed E-state index contributed by atoms with van der Waals surface area (Å²) in [5.74, 6) is -0.445. The minimum atomic E-state index is -4.60. The molecule has 12 heteroatoms. The summed E-state index contributed by atoms with van der Waals surface area (Å²) in [6.45, 7) is 0. The zero-order valence-corrected chi connectivity index (χ0v) is 17.6. The van der Waals surface area contributed by atoms with Crippen LogP contribution < -0.4 is 10.0 Å². The molecular weight excluding hydrogens is 489 g/mol. The molecule has 7 nitrogen and oxygen atoms in total. The number of hydrogen-bond donors (Lipinski definition) is 2. The summed E-state index contributed by atoms with van der Waals surface area (Å²) in [7, 11) is -2.60. The van der Waals surface area contributed by atoms with Crippen LogP contribution in [-0.4, -0.2) is 24.1 Å². The molecule has 1 amide bonds. The second-order valence-corrected chi connectivity index (χ2v) is 8.63. The van der Waals surface area contributed by atoms with Crippen molar-refractivity contribution in [3.63, 3.8) is 0 Å². The van der Waals surface area contributed by atoms with E-state index in [0.29, 0.717) is 17.4 Å². The van der Waals surface area contributed by atoms with Gasteiger partial charge in [-0.05, 0) is 58.4 Å². The number of carbonyl (C=O) groups is 1. The van der Waals surface area contributed by atoms with E-state index in [0.717, 1.165) is 12.1 Å². The number of hydrogen-bond acceptors (Lipinski definition) is 4. The summed E-state index contributed by atoms with van der Waals surface area (Å²) in [5, 5.41) is 6.50. The highest BCUT2D eigenvalue weighted by Crippen LogP contribution is 2.32. The van der Waals surface area contributed by atoms with E-state index in [9.17, 15) is 26.4 Å². The van der Waals surface area contributed by atoms with E-state index in [1.54, 1.807) is 7.05 Å². The zero-order chi connectivity index (χ0) is 22.1. The molecule has 0 unspecified atom stereocenters. The Morgan fingerprint density at radius 1 is 1.10 bits per heavy atom. The van der Waals surface area contributed by atoms with Crippen molar-refractivity contribution in [1.29, 1.82) is 0 Å². The number of amides is 1. The fourth-order valence-electron chi connectivity index (χ4n) is 2.56. The summed E-state index contributed by atoms with van der Waals surface area (Å²) in [4.78, 5) is 12.0. The predicted octanol–water partition coefficient (Wildman–Crippen LogP) is 4.25. The number of anilines is 2. The second-order valence-electron chi connectivity index (χ2n) is 6.12. The average Bonchev–Trinajstić information content (AvgIpc) is 3.07. The maximum Gasteiger partial charge on any atom is 0.416 e. The van der Waals surface area contributed by atoms with Crippen molar-refractivity contribution in [2.24, 2.45) is 7.05 Å². The van der Waals surface area contributed by atoms with E-state index in [2.05, 4.69) is 31.1 Å². The van der Waals surface area contributed by atoms with E-state index in [1.807, 2.05) is 0 Å². The Balaban J connectivity index is 1.82. The van der Waals surface area contributed by atoms with Gasteiger partial charge in [-0.1, -0.05) is 6.07 Å². The smallest absolute Gasteiger partial charge is 0.321 e. The summed E-state index contributed by atoms with van der Waals surface area (Å²) in [6, 6.07) is 9.33. The number of nitrogens with zero attached hydrogens (tertiary/aromatic N) is 2. The summed E-state index contributed by atoms with van der Waals surface area (Å²) < 4.78 is 67.4. The van der Waals surface area contributed by atoms with Crippen molar-refractivity contribution in [3.05, 3.63) is 70.5 Å². The van der Waals surface area contributed by atoms with Gasteiger partial charge < -0.3 is 5.32 Å². The van der Waals surface area contributed by atoms with Crippen molar-refractivity contribution in [1.82, 2.24) is 9.78 Å². The van der Waals surface area contributed by atoms with Gasteiger partial charge in [-0.3, -0.25) is 14.2 Å². The van der Waals surface area contributed by atoms with Gasteiger partial charge in [0.1, 0.15) is 10.6 Å². The van der Waals surface area contributed by atoms with E-state index >= 15 is 0 Å². The van der Waals surface area contributed by atoms with Gasteiger partial charge in [0.2, 0.25) is 0 Å². The molecule has 0 spiro atoms. The average molecular weight is 503 g/mol. The van der Waals surface area contributed by atoms with Crippen LogP contribution in [0.2, 0.25) is 0 Å². The highest BCUT2D eigenvalue weighted by Gasteiger charge is 2.31. The Morgan fingerprint density at radius 3 is 2.43 bits per heavy atom. The summed E-state index contributed by atoms with van der Waals surface area (Å²) in [5.41, 5.74) is -0.597. The first-order chi connectivity index (χ1) is 14.0. The van der Waals surface area contributed by atoms with Gasteiger partial charge >= 0.3 is 6.18 Å². The van der Waals surface area contributed by atoms with E-state index in [-0.39, 0.29) is 15.1 Å². The third kappa shape index (κ3) is 4.82. The molecule has 0 saturated heterocycles. The van der Waals surface area contributed by atoms with Gasteiger partial charge in [0, 0.05) is 29.1 Å². The number of rotatable bonds is 5. The molecule has 0 bridgehead atoms. The number of alkyl halides is 3. The molecule has 30 heavy (non-hydrogen) atoms. The number of sulfonamides is 1. The minimum Gasteiger partial charge on any atom is -0.321 e. The van der Waals surface area contributed by atoms with Crippen LogP contribution >= 0.6 is 15.9 Å². The fraction of sp³-hybridized carbons (Fsp3) is 0.111. The molecule has 158 valence electrons. The molecule has 3 rings (SSSR count). The number of aryl methyl sites for hydroxylation is 1. The van der Waals surface area contributed by atoms with Crippen molar-refractivity contribution in [2.45, 2.75) is 11.1 Å². The molecule has 2 aromatic carbocycles. The molecule has 0 saturated carbocycles. The molecular formula is C18H14BrF3N4O3S. The highest BCUT2D eigenvalue weighted by atomic mass is 79.9. The SMILES string of the molecule is Cn1nccc1C(=O)Nc1ccc(S(=O)(=O)Nc2cccc(C(F)(F)F)c2)c(Br)c1. The Kier molecular flexibility index (Phi) is 5.90. The molecule has 1 aromatic heterocycles. The number of halogens is 4. The van der Waals surface area contributed by atoms with E-state index < -0.39 is 27.7 Å². The first-order valence-corrected chi connectivity index (χ1v) is 10.5. The first-order valence-electron chi connectivity index (χ1n) is 8.26. The lowest BCUT2D eigenvalue weighted by atomic mass is 10.2. The number of aromatic nitrogens is 2. The van der Waals surface area contributed by atoms with Crippen LogP contribution in [0, 0.1) is 0 Å². The first kappa shape index (κ1) is 21.8. The third-order valence-electron chi connectivity index (χ3n) is 3.97. The molecule has 0 radical (unpaired) electrons. The van der Waals surface area contributed by atoms with Crippen LogP contribution in [0.1, 0.15) is 16.1 Å². The topological polar surface area (TPSA) is 93.1 Å².